The molecule has 0 saturated carbocycles. The summed E-state index contributed by atoms with van der Waals surface area (Å²) >= 11 is 0. The van der Waals surface area contributed by atoms with E-state index in [-0.39, 0.29) is 17.8 Å². The first-order chi connectivity index (χ1) is 12.4. The highest BCUT2D eigenvalue weighted by atomic mass is 16.5. The van der Waals surface area contributed by atoms with Gasteiger partial charge < -0.3 is 4.74 Å². The molecule has 1 saturated heterocycles. The SMILES string of the molecule is Cc1c(CN2CCCC(C(=O)c3cccc(OC(C)C)c3)C2)cnn1C. The smallest absolute Gasteiger partial charge is 0.167 e. The minimum atomic E-state index is 0.0510. The number of carbonyl (C=O) groups excluding carboxylic acids is 1. The molecule has 140 valence electrons. The summed E-state index contributed by atoms with van der Waals surface area (Å²) in [5.74, 6) is 1.05. The van der Waals surface area contributed by atoms with Gasteiger partial charge in [0, 0.05) is 42.9 Å². The number of rotatable bonds is 6. The third-order valence-corrected chi connectivity index (χ3v) is 5.10. The number of Topliss-reactive ketones (excluding diaryl/α,β-unsaturated/α-hetero) is 1. The van der Waals surface area contributed by atoms with Gasteiger partial charge in [-0.05, 0) is 52.3 Å². The van der Waals surface area contributed by atoms with E-state index in [1.54, 1.807) is 0 Å². The summed E-state index contributed by atoms with van der Waals surface area (Å²) in [5.41, 5.74) is 3.19. The van der Waals surface area contributed by atoms with Crippen molar-refractivity contribution in [3.8, 4) is 5.75 Å². The molecule has 3 rings (SSSR count). The van der Waals surface area contributed by atoms with Gasteiger partial charge in [-0.2, -0.15) is 5.10 Å². The predicted molar refractivity (Wildman–Crippen MR) is 102 cm³/mol. The molecule has 5 heteroatoms. The van der Waals surface area contributed by atoms with Crippen molar-refractivity contribution in [1.29, 1.82) is 0 Å². The first-order valence-electron chi connectivity index (χ1n) is 9.45. The third-order valence-electron chi connectivity index (χ3n) is 5.10. The molecule has 1 aromatic heterocycles. The molecule has 2 heterocycles. The van der Waals surface area contributed by atoms with Crippen LogP contribution in [0.2, 0.25) is 0 Å². The highest BCUT2D eigenvalue weighted by Gasteiger charge is 2.27. The zero-order chi connectivity index (χ0) is 18.7. The number of piperidine rings is 1. The van der Waals surface area contributed by atoms with Crippen LogP contribution in [0.5, 0.6) is 5.75 Å². The number of benzene rings is 1. The number of hydrogen-bond donors (Lipinski definition) is 0. The van der Waals surface area contributed by atoms with Gasteiger partial charge in [0.15, 0.2) is 5.78 Å². The van der Waals surface area contributed by atoms with E-state index < -0.39 is 0 Å². The number of aryl methyl sites for hydroxylation is 1. The number of likely N-dealkylation sites (tertiary alicyclic amines) is 1. The van der Waals surface area contributed by atoms with Crippen LogP contribution in [0.4, 0.5) is 0 Å². The van der Waals surface area contributed by atoms with Crippen LogP contribution in [0.25, 0.3) is 0 Å². The topological polar surface area (TPSA) is 47.4 Å². The summed E-state index contributed by atoms with van der Waals surface area (Å²) in [7, 11) is 1.97. The third kappa shape index (κ3) is 4.33. The second-order valence-corrected chi connectivity index (χ2v) is 7.51. The molecular formula is C21H29N3O2. The molecule has 1 fully saturated rings. The van der Waals surface area contributed by atoms with Crippen LogP contribution in [0.1, 0.15) is 48.3 Å². The molecule has 2 aromatic rings. The maximum absolute atomic E-state index is 13.0. The van der Waals surface area contributed by atoms with Crippen molar-refractivity contribution < 1.29 is 9.53 Å². The minimum Gasteiger partial charge on any atom is -0.491 e. The molecule has 1 aromatic carbocycles. The monoisotopic (exact) mass is 355 g/mol. The van der Waals surface area contributed by atoms with Gasteiger partial charge >= 0.3 is 0 Å². The first-order valence-corrected chi connectivity index (χ1v) is 9.45. The molecule has 26 heavy (non-hydrogen) atoms. The van der Waals surface area contributed by atoms with E-state index in [1.165, 1.54) is 11.3 Å². The average molecular weight is 355 g/mol. The Morgan fingerprint density at radius 2 is 2.19 bits per heavy atom. The number of ether oxygens (including phenoxy) is 1. The Morgan fingerprint density at radius 3 is 2.88 bits per heavy atom. The first kappa shape index (κ1) is 18.6. The van der Waals surface area contributed by atoms with Gasteiger partial charge in [-0.15, -0.1) is 0 Å². The molecule has 0 spiro atoms. The Morgan fingerprint density at radius 1 is 1.38 bits per heavy atom. The highest BCUT2D eigenvalue weighted by molar-refractivity contribution is 5.98. The largest absolute Gasteiger partial charge is 0.491 e. The molecule has 0 bridgehead atoms. The van der Waals surface area contributed by atoms with Gasteiger partial charge in [0.2, 0.25) is 0 Å². The van der Waals surface area contributed by atoms with Crippen LogP contribution in [-0.4, -0.2) is 39.7 Å². The second kappa shape index (κ2) is 8.04. The molecule has 1 aliphatic rings. The zero-order valence-electron chi connectivity index (χ0n) is 16.2. The van der Waals surface area contributed by atoms with Gasteiger partial charge in [0.1, 0.15) is 5.75 Å². The fourth-order valence-electron chi connectivity index (χ4n) is 3.58. The molecule has 1 aliphatic heterocycles. The van der Waals surface area contributed by atoms with Crippen LogP contribution in [0.15, 0.2) is 30.5 Å². The van der Waals surface area contributed by atoms with Crippen molar-refractivity contribution in [1.82, 2.24) is 14.7 Å². The number of carbonyl (C=O) groups is 1. The molecule has 0 aliphatic carbocycles. The maximum atomic E-state index is 13.0. The van der Waals surface area contributed by atoms with Crippen LogP contribution in [-0.2, 0) is 13.6 Å². The highest BCUT2D eigenvalue weighted by Crippen LogP contribution is 2.25. The van der Waals surface area contributed by atoms with Gasteiger partial charge in [-0.25, -0.2) is 0 Å². The standard InChI is InChI=1S/C21H29N3O2/c1-15(2)26-20-9-5-7-17(11-20)21(25)18-8-6-10-24(13-18)14-19-12-22-23(4)16(19)3/h5,7,9,11-12,15,18H,6,8,10,13-14H2,1-4H3. The predicted octanol–water partition coefficient (Wildman–Crippen LogP) is 3.61. The molecule has 0 amide bonds. The van der Waals surface area contributed by atoms with Gasteiger partial charge in [0.25, 0.3) is 0 Å². The van der Waals surface area contributed by atoms with Gasteiger partial charge in [-0.1, -0.05) is 12.1 Å². The Hall–Kier alpha value is -2.14. The van der Waals surface area contributed by atoms with Crippen LogP contribution in [0.3, 0.4) is 0 Å². The summed E-state index contributed by atoms with van der Waals surface area (Å²) in [5, 5.41) is 4.33. The van der Waals surface area contributed by atoms with Crippen molar-refractivity contribution in [3.63, 3.8) is 0 Å². The summed E-state index contributed by atoms with van der Waals surface area (Å²) in [6.07, 6.45) is 4.05. The summed E-state index contributed by atoms with van der Waals surface area (Å²) in [6, 6.07) is 7.60. The lowest BCUT2D eigenvalue weighted by molar-refractivity contribution is 0.0810. The minimum absolute atomic E-state index is 0.0510. The number of ketones is 1. The Balaban J connectivity index is 1.67. The van der Waals surface area contributed by atoms with Crippen molar-refractivity contribution in [2.24, 2.45) is 13.0 Å². The lowest BCUT2D eigenvalue weighted by atomic mass is 9.89. The van der Waals surface area contributed by atoms with Crippen molar-refractivity contribution in [2.75, 3.05) is 13.1 Å². The number of aromatic nitrogens is 2. The van der Waals surface area contributed by atoms with E-state index in [4.69, 9.17) is 4.74 Å². The van der Waals surface area contributed by atoms with Crippen molar-refractivity contribution in [3.05, 3.63) is 47.3 Å². The molecular weight excluding hydrogens is 326 g/mol. The van der Waals surface area contributed by atoms with E-state index in [1.807, 2.05) is 56.0 Å². The second-order valence-electron chi connectivity index (χ2n) is 7.51. The normalized spacial score (nSPS) is 18.3. The van der Waals surface area contributed by atoms with E-state index in [9.17, 15) is 4.79 Å². The fourth-order valence-corrected chi connectivity index (χ4v) is 3.58. The summed E-state index contributed by atoms with van der Waals surface area (Å²) < 4.78 is 7.64. The van der Waals surface area contributed by atoms with Crippen LogP contribution in [0, 0.1) is 12.8 Å². The lowest BCUT2D eigenvalue weighted by Gasteiger charge is -2.32. The van der Waals surface area contributed by atoms with E-state index in [2.05, 4.69) is 16.9 Å². The number of nitrogens with zero attached hydrogens (tertiary/aromatic N) is 3. The summed E-state index contributed by atoms with van der Waals surface area (Å²) in [6.45, 7) is 8.79. The maximum Gasteiger partial charge on any atom is 0.167 e. The number of hydrogen-bond acceptors (Lipinski definition) is 4. The molecule has 1 atom stereocenters. The summed E-state index contributed by atoms with van der Waals surface area (Å²) in [4.78, 5) is 15.4. The zero-order valence-corrected chi connectivity index (χ0v) is 16.2. The molecule has 0 N–H and O–H groups in total. The van der Waals surface area contributed by atoms with Gasteiger partial charge in [0.05, 0.1) is 12.3 Å². The molecule has 5 nitrogen and oxygen atoms in total. The lowest BCUT2D eigenvalue weighted by Crippen LogP contribution is -2.38. The van der Waals surface area contributed by atoms with E-state index >= 15 is 0 Å². The molecule has 1 unspecified atom stereocenters. The van der Waals surface area contributed by atoms with Crippen LogP contribution >= 0.6 is 0 Å². The Kier molecular flexibility index (Phi) is 5.77. The van der Waals surface area contributed by atoms with Crippen molar-refractivity contribution >= 4 is 5.78 Å². The fraction of sp³-hybridized carbons (Fsp3) is 0.524. The molecule has 0 radical (unpaired) electrons. The van der Waals surface area contributed by atoms with Gasteiger partial charge in [-0.3, -0.25) is 14.4 Å². The van der Waals surface area contributed by atoms with E-state index in [0.717, 1.165) is 43.8 Å². The van der Waals surface area contributed by atoms with Crippen LogP contribution < -0.4 is 4.74 Å². The van der Waals surface area contributed by atoms with Crippen molar-refractivity contribution in [2.45, 2.75) is 46.3 Å². The quantitative estimate of drug-likeness (QED) is 0.743. The Labute approximate surface area is 156 Å². The Bertz CT molecular complexity index is 766. The average Bonchev–Trinajstić information content (AvgIpc) is 2.93. The van der Waals surface area contributed by atoms with E-state index in [0.29, 0.717) is 0 Å².